The van der Waals surface area contributed by atoms with Crippen LogP contribution in [0.1, 0.15) is 26.5 Å². The Balaban J connectivity index is 2.63. The third-order valence-corrected chi connectivity index (χ3v) is 1.97. The number of pyridine rings is 1. The molecule has 18 heavy (non-hydrogen) atoms. The van der Waals surface area contributed by atoms with E-state index in [0.29, 0.717) is 17.3 Å². The van der Waals surface area contributed by atoms with Gasteiger partial charge < -0.3 is 20.5 Å². The molecule has 3 N–H and O–H groups in total. The molecule has 0 spiro atoms. The number of methoxy groups -OCH3 is 1. The standard InChI is InChI=1S/C12H19N3O3/c1-12(2,3)18-11(16)14-7-8-9(17-4)5-6-10(13)15-8/h5-6H,7H2,1-4H3,(H2,13,15)(H,14,16). The van der Waals surface area contributed by atoms with Crippen LogP contribution in [0.2, 0.25) is 0 Å². The molecular formula is C12H19N3O3. The average molecular weight is 253 g/mol. The number of nitrogen functional groups attached to an aromatic ring is 1. The summed E-state index contributed by atoms with van der Waals surface area (Å²) in [5, 5.41) is 2.60. The van der Waals surface area contributed by atoms with E-state index in [1.54, 1.807) is 32.9 Å². The first-order valence-corrected chi connectivity index (χ1v) is 5.58. The van der Waals surface area contributed by atoms with Crippen LogP contribution in [0.4, 0.5) is 10.6 Å². The number of nitrogens with two attached hydrogens (primary N) is 1. The van der Waals surface area contributed by atoms with Crippen molar-refractivity contribution >= 4 is 11.9 Å². The molecule has 1 amide bonds. The minimum absolute atomic E-state index is 0.198. The quantitative estimate of drug-likeness (QED) is 0.856. The van der Waals surface area contributed by atoms with E-state index in [1.807, 2.05) is 0 Å². The second-order valence-electron chi connectivity index (χ2n) is 4.74. The van der Waals surface area contributed by atoms with Crippen molar-refractivity contribution in [2.24, 2.45) is 0 Å². The van der Waals surface area contributed by atoms with E-state index in [1.165, 1.54) is 7.11 Å². The van der Waals surface area contributed by atoms with E-state index >= 15 is 0 Å². The first-order valence-electron chi connectivity index (χ1n) is 5.58. The van der Waals surface area contributed by atoms with E-state index in [-0.39, 0.29) is 6.54 Å². The van der Waals surface area contributed by atoms with Crippen LogP contribution in [-0.4, -0.2) is 23.8 Å². The number of aromatic nitrogens is 1. The topological polar surface area (TPSA) is 86.5 Å². The summed E-state index contributed by atoms with van der Waals surface area (Å²) in [7, 11) is 1.53. The molecule has 6 heteroatoms. The van der Waals surface area contributed by atoms with Crippen molar-refractivity contribution in [2.75, 3.05) is 12.8 Å². The molecule has 1 aromatic rings. The Bertz CT molecular complexity index is 427. The minimum atomic E-state index is -0.530. The van der Waals surface area contributed by atoms with Gasteiger partial charge in [0, 0.05) is 0 Å². The molecule has 1 heterocycles. The van der Waals surface area contributed by atoms with Gasteiger partial charge in [0.15, 0.2) is 0 Å². The maximum Gasteiger partial charge on any atom is 0.407 e. The van der Waals surface area contributed by atoms with Crippen molar-refractivity contribution in [2.45, 2.75) is 32.9 Å². The van der Waals surface area contributed by atoms with Crippen molar-refractivity contribution < 1.29 is 14.3 Å². The van der Waals surface area contributed by atoms with Crippen molar-refractivity contribution in [3.05, 3.63) is 17.8 Å². The lowest BCUT2D eigenvalue weighted by Gasteiger charge is -2.19. The average Bonchev–Trinajstić information content (AvgIpc) is 2.24. The van der Waals surface area contributed by atoms with Gasteiger partial charge in [-0.1, -0.05) is 0 Å². The van der Waals surface area contributed by atoms with E-state index in [2.05, 4.69) is 10.3 Å². The molecule has 0 bridgehead atoms. The minimum Gasteiger partial charge on any atom is -0.495 e. The van der Waals surface area contributed by atoms with Crippen LogP contribution in [0.5, 0.6) is 5.75 Å². The van der Waals surface area contributed by atoms with Crippen molar-refractivity contribution in [3.8, 4) is 5.75 Å². The second kappa shape index (κ2) is 5.57. The third kappa shape index (κ3) is 4.48. The molecule has 0 aliphatic carbocycles. The Morgan fingerprint density at radius 1 is 1.44 bits per heavy atom. The van der Waals surface area contributed by atoms with Gasteiger partial charge in [-0.25, -0.2) is 9.78 Å². The molecule has 100 valence electrons. The number of nitrogens with zero attached hydrogens (tertiary/aromatic N) is 1. The zero-order chi connectivity index (χ0) is 13.8. The lowest BCUT2D eigenvalue weighted by Crippen LogP contribution is -2.32. The molecule has 0 fully saturated rings. The fraction of sp³-hybridized carbons (Fsp3) is 0.500. The molecule has 1 rings (SSSR count). The van der Waals surface area contributed by atoms with E-state index in [0.717, 1.165) is 0 Å². The van der Waals surface area contributed by atoms with Crippen LogP contribution in [0, 0.1) is 0 Å². The number of hydrogen-bond donors (Lipinski definition) is 2. The molecule has 1 aromatic heterocycles. The SMILES string of the molecule is COc1ccc(N)nc1CNC(=O)OC(C)(C)C. The number of ether oxygens (including phenoxy) is 2. The number of nitrogens with one attached hydrogen (secondary N) is 1. The number of carbonyl (C=O) groups is 1. The summed E-state index contributed by atoms with van der Waals surface area (Å²) >= 11 is 0. The smallest absolute Gasteiger partial charge is 0.407 e. The van der Waals surface area contributed by atoms with E-state index in [9.17, 15) is 4.79 Å². The van der Waals surface area contributed by atoms with E-state index in [4.69, 9.17) is 15.2 Å². The Morgan fingerprint density at radius 3 is 2.67 bits per heavy atom. The lowest BCUT2D eigenvalue weighted by molar-refractivity contribution is 0.0522. The molecule has 6 nitrogen and oxygen atoms in total. The van der Waals surface area contributed by atoms with Gasteiger partial charge in [0.25, 0.3) is 0 Å². The van der Waals surface area contributed by atoms with Gasteiger partial charge in [-0.2, -0.15) is 0 Å². The van der Waals surface area contributed by atoms with Crippen LogP contribution < -0.4 is 15.8 Å². The van der Waals surface area contributed by atoms with Gasteiger partial charge in [0.1, 0.15) is 22.9 Å². The normalized spacial score (nSPS) is 10.9. The number of rotatable bonds is 3. The molecule has 0 saturated heterocycles. The summed E-state index contributed by atoms with van der Waals surface area (Å²) in [5.74, 6) is 0.942. The van der Waals surface area contributed by atoms with Gasteiger partial charge >= 0.3 is 6.09 Å². The van der Waals surface area contributed by atoms with Crippen LogP contribution in [0.15, 0.2) is 12.1 Å². The Hall–Kier alpha value is -1.98. The zero-order valence-electron chi connectivity index (χ0n) is 11.1. The molecule has 0 aliphatic heterocycles. The summed E-state index contributed by atoms with van der Waals surface area (Å²) in [6.45, 7) is 5.59. The lowest BCUT2D eigenvalue weighted by atomic mass is 10.2. The summed E-state index contributed by atoms with van der Waals surface area (Å²) in [6.07, 6.45) is -0.506. The number of alkyl carbamates (subject to hydrolysis) is 1. The van der Waals surface area contributed by atoms with Crippen LogP contribution in [0.25, 0.3) is 0 Å². The largest absolute Gasteiger partial charge is 0.495 e. The van der Waals surface area contributed by atoms with Crippen LogP contribution in [-0.2, 0) is 11.3 Å². The Labute approximate surface area is 106 Å². The number of carbonyl (C=O) groups excluding carboxylic acids is 1. The van der Waals surface area contributed by atoms with Crippen molar-refractivity contribution in [1.82, 2.24) is 10.3 Å². The van der Waals surface area contributed by atoms with E-state index < -0.39 is 11.7 Å². The maximum atomic E-state index is 11.5. The highest BCUT2D eigenvalue weighted by Gasteiger charge is 2.16. The van der Waals surface area contributed by atoms with Crippen molar-refractivity contribution in [1.29, 1.82) is 0 Å². The molecule has 0 aromatic carbocycles. The zero-order valence-corrected chi connectivity index (χ0v) is 11.1. The second-order valence-corrected chi connectivity index (χ2v) is 4.74. The first kappa shape index (κ1) is 14.1. The predicted octanol–water partition coefficient (Wildman–Crippen LogP) is 1.70. The first-order chi connectivity index (χ1) is 8.31. The third-order valence-electron chi connectivity index (χ3n) is 1.97. The molecule has 0 aliphatic rings. The predicted molar refractivity (Wildman–Crippen MR) is 68.3 cm³/mol. The molecular weight excluding hydrogens is 234 g/mol. The Kier molecular flexibility index (Phi) is 4.36. The Morgan fingerprint density at radius 2 is 2.11 bits per heavy atom. The number of anilines is 1. The van der Waals surface area contributed by atoms with Crippen LogP contribution >= 0.6 is 0 Å². The highest BCUT2D eigenvalue weighted by atomic mass is 16.6. The summed E-state index contributed by atoms with van der Waals surface area (Å²) < 4.78 is 10.2. The van der Waals surface area contributed by atoms with Gasteiger partial charge in [-0.3, -0.25) is 0 Å². The molecule has 0 atom stereocenters. The summed E-state index contributed by atoms with van der Waals surface area (Å²) in [6, 6.07) is 3.34. The monoisotopic (exact) mass is 253 g/mol. The summed E-state index contributed by atoms with van der Waals surface area (Å²) in [5.41, 5.74) is 5.61. The summed E-state index contributed by atoms with van der Waals surface area (Å²) in [4.78, 5) is 15.6. The van der Waals surface area contributed by atoms with Gasteiger partial charge in [0.2, 0.25) is 0 Å². The molecule has 0 unspecified atom stereocenters. The fourth-order valence-corrected chi connectivity index (χ4v) is 1.29. The van der Waals surface area contributed by atoms with Gasteiger partial charge in [-0.15, -0.1) is 0 Å². The van der Waals surface area contributed by atoms with Gasteiger partial charge in [0.05, 0.1) is 13.7 Å². The maximum absolute atomic E-state index is 11.5. The number of hydrogen-bond acceptors (Lipinski definition) is 5. The highest BCUT2D eigenvalue weighted by Crippen LogP contribution is 2.17. The number of amides is 1. The van der Waals surface area contributed by atoms with Gasteiger partial charge in [-0.05, 0) is 32.9 Å². The van der Waals surface area contributed by atoms with Crippen molar-refractivity contribution in [3.63, 3.8) is 0 Å². The van der Waals surface area contributed by atoms with Crippen LogP contribution in [0.3, 0.4) is 0 Å². The fourth-order valence-electron chi connectivity index (χ4n) is 1.29. The molecule has 0 radical (unpaired) electrons. The molecule has 0 saturated carbocycles. The highest BCUT2D eigenvalue weighted by molar-refractivity contribution is 5.67.